The van der Waals surface area contributed by atoms with Crippen LogP contribution in [0.4, 0.5) is 10.1 Å². The highest BCUT2D eigenvalue weighted by molar-refractivity contribution is 8.27. The van der Waals surface area contributed by atoms with Crippen molar-refractivity contribution in [1.82, 2.24) is 4.98 Å². The monoisotopic (exact) mass is 452 g/mol. The van der Waals surface area contributed by atoms with Gasteiger partial charge in [-0.2, -0.15) is 0 Å². The van der Waals surface area contributed by atoms with Crippen molar-refractivity contribution >= 4 is 46.0 Å². The van der Waals surface area contributed by atoms with Crippen molar-refractivity contribution in [3.05, 3.63) is 88.8 Å². The molecule has 4 rings (SSSR count). The molecule has 2 aromatic carbocycles. The maximum Gasteiger partial charge on any atom is 0.270 e. The number of pyridine rings is 1. The number of methoxy groups -OCH3 is 1. The molecule has 3 aromatic rings. The molecule has 0 saturated carbocycles. The second-order valence-electron chi connectivity index (χ2n) is 6.52. The maximum atomic E-state index is 14.2. The minimum absolute atomic E-state index is 0.144. The largest absolute Gasteiger partial charge is 0.493 e. The molecule has 1 aromatic heterocycles. The Labute approximate surface area is 188 Å². The van der Waals surface area contributed by atoms with Gasteiger partial charge in [0, 0.05) is 12.4 Å². The molecule has 0 spiro atoms. The molecular formula is C23H17FN2O3S2. The van der Waals surface area contributed by atoms with Gasteiger partial charge in [0.05, 0.1) is 17.7 Å². The lowest BCUT2D eigenvalue weighted by molar-refractivity contribution is -0.113. The van der Waals surface area contributed by atoms with Gasteiger partial charge in [-0.15, -0.1) is 0 Å². The summed E-state index contributed by atoms with van der Waals surface area (Å²) >= 11 is 6.44. The van der Waals surface area contributed by atoms with Crippen molar-refractivity contribution in [2.24, 2.45) is 0 Å². The minimum atomic E-state index is -0.502. The highest BCUT2D eigenvalue weighted by Crippen LogP contribution is 2.38. The van der Waals surface area contributed by atoms with E-state index in [1.54, 1.807) is 49.8 Å². The molecule has 1 aliphatic rings. The second kappa shape index (κ2) is 9.28. The fourth-order valence-corrected chi connectivity index (χ4v) is 4.28. The van der Waals surface area contributed by atoms with E-state index in [1.807, 2.05) is 18.2 Å². The number of anilines is 1. The minimum Gasteiger partial charge on any atom is -0.493 e. The van der Waals surface area contributed by atoms with Crippen LogP contribution in [-0.2, 0) is 11.4 Å². The Morgan fingerprint density at radius 1 is 1.13 bits per heavy atom. The number of carbonyl (C=O) groups excluding carboxylic acids is 1. The van der Waals surface area contributed by atoms with Crippen LogP contribution < -0.4 is 14.4 Å². The first kappa shape index (κ1) is 21.0. The smallest absolute Gasteiger partial charge is 0.270 e. The summed E-state index contributed by atoms with van der Waals surface area (Å²) in [6, 6.07) is 15.2. The third kappa shape index (κ3) is 4.60. The molecule has 1 amide bonds. The van der Waals surface area contributed by atoms with Crippen LogP contribution in [0.1, 0.15) is 11.1 Å². The molecule has 1 fully saturated rings. The third-order valence-corrected chi connectivity index (χ3v) is 5.82. The summed E-state index contributed by atoms with van der Waals surface area (Å²) in [6.45, 7) is 0.375. The fourth-order valence-electron chi connectivity index (χ4n) is 2.99. The van der Waals surface area contributed by atoms with Crippen LogP contribution in [0.25, 0.3) is 6.08 Å². The molecule has 1 aliphatic heterocycles. The molecule has 0 aliphatic carbocycles. The van der Waals surface area contributed by atoms with Crippen molar-refractivity contribution in [3.63, 3.8) is 0 Å². The summed E-state index contributed by atoms with van der Waals surface area (Å²) in [4.78, 5) is 18.5. The highest BCUT2D eigenvalue weighted by atomic mass is 32.2. The van der Waals surface area contributed by atoms with Gasteiger partial charge in [0.25, 0.3) is 5.91 Å². The number of benzene rings is 2. The predicted molar refractivity (Wildman–Crippen MR) is 124 cm³/mol. The maximum absolute atomic E-state index is 14.2. The average Bonchev–Trinajstić information content (AvgIpc) is 3.06. The first-order valence-electron chi connectivity index (χ1n) is 9.29. The van der Waals surface area contributed by atoms with E-state index in [9.17, 15) is 9.18 Å². The number of aromatic nitrogens is 1. The second-order valence-corrected chi connectivity index (χ2v) is 8.20. The van der Waals surface area contributed by atoms with E-state index in [0.29, 0.717) is 23.0 Å². The van der Waals surface area contributed by atoms with Gasteiger partial charge in [0.2, 0.25) is 0 Å². The summed E-state index contributed by atoms with van der Waals surface area (Å²) in [7, 11) is 1.55. The summed E-state index contributed by atoms with van der Waals surface area (Å²) in [5, 5.41) is 0. The van der Waals surface area contributed by atoms with Crippen molar-refractivity contribution in [1.29, 1.82) is 0 Å². The zero-order valence-electron chi connectivity index (χ0n) is 16.4. The van der Waals surface area contributed by atoms with Gasteiger partial charge in [-0.1, -0.05) is 42.2 Å². The number of amides is 1. The van der Waals surface area contributed by atoms with Crippen LogP contribution in [0, 0.1) is 5.82 Å². The van der Waals surface area contributed by atoms with Gasteiger partial charge in [-0.25, -0.2) is 4.39 Å². The van der Waals surface area contributed by atoms with Crippen LogP contribution in [-0.4, -0.2) is 22.3 Å². The average molecular weight is 453 g/mol. The van der Waals surface area contributed by atoms with E-state index < -0.39 is 5.82 Å². The molecular weight excluding hydrogens is 435 g/mol. The topological polar surface area (TPSA) is 51.7 Å². The summed E-state index contributed by atoms with van der Waals surface area (Å²) in [6.07, 6.45) is 5.11. The highest BCUT2D eigenvalue weighted by Gasteiger charge is 2.34. The first-order valence-corrected chi connectivity index (χ1v) is 10.5. The number of hydrogen-bond donors (Lipinski definition) is 0. The first-order chi connectivity index (χ1) is 15.1. The van der Waals surface area contributed by atoms with E-state index >= 15 is 0 Å². The van der Waals surface area contributed by atoms with Gasteiger partial charge in [-0.05, 0) is 53.6 Å². The Bertz CT molecular complexity index is 1170. The number of thiocarbonyl (C=S) groups is 1. The number of hydrogen-bond acceptors (Lipinski definition) is 6. The number of rotatable bonds is 6. The Morgan fingerprint density at radius 2 is 1.90 bits per heavy atom. The van der Waals surface area contributed by atoms with Crippen molar-refractivity contribution in [2.75, 3.05) is 12.0 Å². The van der Waals surface area contributed by atoms with Gasteiger partial charge in [0.15, 0.2) is 15.8 Å². The molecule has 0 atom stereocenters. The van der Waals surface area contributed by atoms with Crippen LogP contribution in [0.2, 0.25) is 0 Å². The lowest BCUT2D eigenvalue weighted by atomic mass is 10.1. The molecule has 2 heterocycles. The SMILES string of the molecule is COc1cc(/C=C2\SC(=S)N(c3ccccc3F)C2=O)ccc1OCc1ccncc1. The molecule has 156 valence electrons. The molecule has 0 bridgehead atoms. The van der Waals surface area contributed by atoms with Crippen molar-refractivity contribution in [2.45, 2.75) is 6.61 Å². The number of nitrogens with zero attached hydrogens (tertiary/aromatic N) is 2. The van der Waals surface area contributed by atoms with Gasteiger partial charge in [-0.3, -0.25) is 14.7 Å². The van der Waals surface area contributed by atoms with Gasteiger partial charge >= 0.3 is 0 Å². The van der Waals surface area contributed by atoms with E-state index in [-0.39, 0.29) is 15.9 Å². The normalized spacial score (nSPS) is 14.9. The quantitative estimate of drug-likeness (QED) is 0.378. The fraction of sp³-hybridized carbons (Fsp3) is 0.0870. The molecule has 0 unspecified atom stereocenters. The van der Waals surface area contributed by atoms with E-state index in [0.717, 1.165) is 22.9 Å². The molecule has 1 saturated heterocycles. The van der Waals surface area contributed by atoms with Crippen LogP contribution in [0.5, 0.6) is 11.5 Å². The van der Waals surface area contributed by atoms with E-state index in [1.165, 1.54) is 17.0 Å². The predicted octanol–water partition coefficient (Wildman–Crippen LogP) is 5.21. The lowest BCUT2D eigenvalue weighted by Crippen LogP contribution is -2.28. The summed E-state index contributed by atoms with van der Waals surface area (Å²) < 4.78 is 25.7. The third-order valence-electron chi connectivity index (χ3n) is 4.52. The van der Waals surface area contributed by atoms with Crippen molar-refractivity contribution < 1.29 is 18.7 Å². The van der Waals surface area contributed by atoms with E-state index in [4.69, 9.17) is 21.7 Å². The van der Waals surface area contributed by atoms with Gasteiger partial charge in [0.1, 0.15) is 12.4 Å². The Balaban J connectivity index is 1.55. The molecule has 0 N–H and O–H groups in total. The number of ether oxygens (including phenoxy) is 2. The van der Waals surface area contributed by atoms with E-state index in [2.05, 4.69) is 4.98 Å². The molecule has 5 nitrogen and oxygen atoms in total. The van der Waals surface area contributed by atoms with Gasteiger partial charge < -0.3 is 9.47 Å². The number of halogens is 1. The standard InChI is InChI=1S/C23H17FN2O3S2/c1-28-20-12-16(6-7-19(20)29-14-15-8-10-25-11-9-15)13-21-22(27)26(23(30)31-21)18-5-3-2-4-17(18)24/h2-13H,14H2,1H3/b21-13-. The van der Waals surface area contributed by atoms with Crippen LogP contribution in [0.3, 0.4) is 0 Å². The molecule has 31 heavy (non-hydrogen) atoms. The number of carbonyl (C=O) groups is 1. The number of para-hydroxylation sites is 1. The zero-order chi connectivity index (χ0) is 21.8. The Morgan fingerprint density at radius 3 is 2.65 bits per heavy atom. The van der Waals surface area contributed by atoms with Crippen LogP contribution in [0.15, 0.2) is 71.9 Å². The summed E-state index contributed by atoms with van der Waals surface area (Å²) in [5.41, 5.74) is 1.87. The number of thioether (sulfide) groups is 1. The Hall–Kier alpha value is -3.23. The summed E-state index contributed by atoms with van der Waals surface area (Å²) in [5.74, 6) is 0.247. The van der Waals surface area contributed by atoms with Crippen LogP contribution >= 0.6 is 24.0 Å². The molecule has 0 radical (unpaired) electrons. The van der Waals surface area contributed by atoms with Crippen molar-refractivity contribution in [3.8, 4) is 11.5 Å². The lowest BCUT2D eigenvalue weighted by Gasteiger charge is -2.15. The molecule has 8 heteroatoms. The zero-order valence-corrected chi connectivity index (χ0v) is 18.1. The Kier molecular flexibility index (Phi) is 6.29.